The SMILES string of the molecule is COc1ccc(NC(=O)[C@H](C)OC(=O)c2ccc(Cl)cc2O)cc1Cl. The van der Waals surface area contributed by atoms with Gasteiger partial charge >= 0.3 is 5.97 Å². The number of hydrogen-bond acceptors (Lipinski definition) is 5. The Hall–Kier alpha value is -2.44. The van der Waals surface area contributed by atoms with Crippen LogP contribution in [0, 0.1) is 0 Å². The summed E-state index contributed by atoms with van der Waals surface area (Å²) in [5.74, 6) is -1.25. The molecule has 1 amide bonds. The van der Waals surface area contributed by atoms with Crippen LogP contribution in [0.1, 0.15) is 17.3 Å². The molecule has 0 bridgehead atoms. The van der Waals surface area contributed by atoms with Crippen molar-refractivity contribution < 1.29 is 24.2 Å². The number of nitrogens with one attached hydrogen (secondary N) is 1. The number of hydrogen-bond donors (Lipinski definition) is 2. The molecule has 0 unspecified atom stereocenters. The van der Waals surface area contributed by atoms with Gasteiger partial charge in [-0.15, -0.1) is 0 Å². The maximum absolute atomic E-state index is 12.1. The Labute approximate surface area is 154 Å². The number of aromatic hydroxyl groups is 1. The zero-order valence-corrected chi connectivity index (χ0v) is 14.9. The molecule has 0 aliphatic carbocycles. The van der Waals surface area contributed by atoms with Crippen molar-refractivity contribution in [2.75, 3.05) is 12.4 Å². The van der Waals surface area contributed by atoms with E-state index in [0.717, 1.165) is 0 Å². The fraction of sp³-hybridized carbons (Fsp3) is 0.176. The number of methoxy groups -OCH3 is 1. The molecule has 1 atom stereocenters. The van der Waals surface area contributed by atoms with Gasteiger partial charge < -0.3 is 19.9 Å². The molecule has 8 heteroatoms. The van der Waals surface area contributed by atoms with Crippen molar-refractivity contribution in [2.24, 2.45) is 0 Å². The average Bonchev–Trinajstić information content (AvgIpc) is 2.54. The summed E-state index contributed by atoms with van der Waals surface area (Å²) in [6, 6.07) is 8.67. The van der Waals surface area contributed by atoms with Crippen LogP contribution in [0.3, 0.4) is 0 Å². The third-order valence-corrected chi connectivity index (χ3v) is 3.78. The molecule has 2 aromatic carbocycles. The van der Waals surface area contributed by atoms with Crippen LogP contribution in [0.2, 0.25) is 10.0 Å². The van der Waals surface area contributed by atoms with E-state index >= 15 is 0 Å². The Morgan fingerprint density at radius 1 is 1.16 bits per heavy atom. The molecule has 0 heterocycles. The number of anilines is 1. The zero-order chi connectivity index (χ0) is 18.6. The van der Waals surface area contributed by atoms with Crippen LogP contribution in [-0.4, -0.2) is 30.2 Å². The molecular weight excluding hydrogens is 369 g/mol. The first-order chi connectivity index (χ1) is 11.8. The van der Waals surface area contributed by atoms with E-state index in [1.54, 1.807) is 12.1 Å². The zero-order valence-electron chi connectivity index (χ0n) is 13.4. The van der Waals surface area contributed by atoms with E-state index in [2.05, 4.69) is 5.32 Å². The first-order valence-electron chi connectivity index (χ1n) is 7.15. The number of halogens is 2. The number of esters is 1. The molecule has 132 valence electrons. The van der Waals surface area contributed by atoms with E-state index in [0.29, 0.717) is 16.5 Å². The highest BCUT2D eigenvalue weighted by Crippen LogP contribution is 2.27. The Morgan fingerprint density at radius 2 is 1.88 bits per heavy atom. The fourth-order valence-electron chi connectivity index (χ4n) is 1.94. The second-order valence-electron chi connectivity index (χ2n) is 5.05. The molecule has 0 radical (unpaired) electrons. The lowest BCUT2D eigenvalue weighted by molar-refractivity contribution is -0.123. The quantitative estimate of drug-likeness (QED) is 0.764. The number of phenols is 1. The number of amides is 1. The Kier molecular flexibility index (Phi) is 6.12. The minimum absolute atomic E-state index is 0.0865. The van der Waals surface area contributed by atoms with E-state index in [4.69, 9.17) is 32.7 Å². The first kappa shape index (κ1) is 18.9. The second kappa shape index (κ2) is 8.09. The Balaban J connectivity index is 2.02. The van der Waals surface area contributed by atoms with E-state index in [1.807, 2.05) is 0 Å². The molecular formula is C17H15Cl2NO5. The van der Waals surface area contributed by atoms with Gasteiger partial charge in [0.2, 0.25) is 0 Å². The number of carbonyl (C=O) groups is 2. The molecule has 2 rings (SSSR count). The molecule has 0 fully saturated rings. The minimum Gasteiger partial charge on any atom is -0.507 e. The minimum atomic E-state index is -1.09. The maximum Gasteiger partial charge on any atom is 0.342 e. The van der Waals surface area contributed by atoms with E-state index in [1.165, 1.54) is 38.3 Å². The van der Waals surface area contributed by atoms with Gasteiger partial charge in [-0.1, -0.05) is 23.2 Å². The summed E-state index contributed by atoms with van der Waals surface area (Å²) in [6.07, 6.45) is -1.09. The van der Waals surface area contributed by atoms with Crippen LogP contribution < -0.4 is 10.1 Å². The van der Waals surface area contributed by atoms with Gasteiger partial charge in [-0.2, -0.15) is 0 Å². The van der Waals surface area contributed by atoms with Crippen molar-refractivity contribution in [3.63, 3.8) is 0 Å². The first-order valence-corrected chi connectivity index (χ1v) is 7.91. The molecule has 0 aromatic heterocycles. The standard InChI is InChI=1S/C17H15Cl2NO5/c1-9(25-17(23)12-5-3-10(18)7-14(12)21)16(22)20-11-4-6-15(24-2)13(19)8-11/h3-9,21H,1-2H3,(H,20,22)/t9-/m0/s1. The fourth-order valence-corrected chi connectivity index (χ4v) is 2.37. The second-order valence-corrected chi connectivity index (χ2v) is 5.89. The highest BCUT2D eigenvalue weighted by atomic mass is 35.5. The molecule has 25 heavy (non-hydrogen) atoms. The number of carbonyl (C=O) groups excluding carboxylic acids is 2. The van der Waals surface area contributed by atoms with Crippen molar-refractivity contribution in [1.29, 1.82) is 0 Å². The van der Waals surface area contributed by atoms with Gasteiger partial charge in [0.15, 0.2) is 6.10 Å². The van der Waals surface area contributed by atoms with Crippen LogP contribution in [0.15, 0.2) is 36.4 Å². The van der Waals surface area contributed by atoms with Gasteiger partial charge in [-0.3, -0.25) is 4.79 Å². The molecule has 2 N–H and O–H groups in total. The van der Waals surface area contributed by atoms with Crippen LogP contribution in [0.4, 0.5) is 5.69 Å². The van der Waals surface area contributed by atoms with Gasteiger partial charge in [-0.05, 0) is 43.3 Å². The molecule has 0 spiro atoms. The predicted molar refractivity (Wildman–Crippen MR) is 94.6 cm³/mol. The van der Waals surface area contributed by atoms with E-state index in [9.17, 15) is 14.7 Å². The van der Waals surface area contributed by atoms with E-state index < -0.39 is 18.0 Å². The number of rotatable bonds is 5. The van der Waals surface area contributed by atoms with Crippen LogP contribution in [-0.2, 0) is 9.53 Å². The summed E-state index contributed by atoms with van der Waals surface area (Å²) in [5, 5.41) is 12.9. The van der Waals surface area contributed by atoms with Crippen molar-refractivity contribution in [3.8, 4) is 11.5 Å². The van der Waals surface area contributed by atoms with Gasteiger partial charge in [0.1, 0.15) is 17.1 Å². The highest BCUT2D eigenvalue weighted by Gasteiger charge is 2.21. The van der Waals surface area contributed by atoms with Gasteiger partial charge in [0, 0.05) is 10.7 Å². The average molecular weight is 384 g/mol. The Bertz CT molecular complexity index is 810. The van der Waals surface area contributed by atoms with E-state index in [-0.39, 0.29) is 16.3 Å². The van der Waals surface area contributed by atoms with Gasteiger partial charge in [-0.25, -0.2) is 4.79 Å². The topological polar surface area (TPSA) is 84.9 Å². The normalized spacial score (nSPS) is 11.5. The summed E-state index contributed by atoms with van der Waals surface area (Å²) in [7, 11) is 1.48. The predicted octanol–water partition coefficient (Wildman–Crippen LogP) is 3.89. The van der Waals surface area contributed by atoms with Crippen molar-refractivity contribution in [3.05, 3.63) is 52.0 Å². The highest BCUT2D eigenvalue weighted by molar-refractivity contribution is 6.32. The molecule has 0 saturated carbocycles. The summed E-state index contributed by atoms with van der Waals surface area (Å²) >= 11 is 11.7. The molecule has 0 aliphatic rings. The third-order valence-electron chi connectivity index (χ3n) is 3.25. The summed E-state index contributed by atoms with van der Waals surface area (Å²) in [4.78, 5) is 24.2. The van der Waals surface area contributed by atoms with Crippen molar-refractivity contribution in [2.45, 2.75) is 13.0 Å². The number of ether oxygens (including phenoxy) is 2. The lowest BCUT2D eigenvalue weighted by Gasteiger charge is -2.14. The molecule has 0 aliphatic heterocycles. The number of benzene rings is 2. The smallest absolute Gasteiger partial charge is 0.342 e. The summed E-state index contributed by atoms with van der Waals surface area (Å²) in [6.45, 7) is 1.41. The molecule has 2 aromatic rings. The Morgan fingerprint density at radius 3 is 2.48 bits per heavy atom. The monoisotopic (exact) mass is 383 g/mol. The van der Waals surface area contributed by atoms with Crippen molar-refractivity contribution >= 4 is 40.8 Å². The number of phenolic OH excluding ortho intramolecular Hbond substituents is 1. The van der Waals surface area contributed by atoms with Crippen LogP contribution >= 0.6 is 23.2 Å². The van der Waals surface area contributed by atoms with Gasteiger partial charge in [0.05, 0.1) is 12.1 Å². The summed E-state index contributed by atoms with van der Waals surface area (Å²) < 4.78 is 10.1. The van der Waals surface area contributed by atoms with Crippen molar-refractivity contribution in [1.82, 2.24) is 0 Å². The largest absolute Gasteiger partial charge is 0.507 e. The third kappa shape index (κ3) is 4.78. The van der Waals surface area contributed by atoms with Crippen LogP contribution in [0.25, 0.3) is 0 Å². The van der Waals surface area contributed by atoms with Gasteiger partial charge in [0.25, 0.3) is 5.91 Å². The lowest BCUT2D eigenvalue weighted by Crippen LogP contribution is -2.30. The summed E-state index contributed by atoms with van der Waals surface area (Å²) in [5.41, 5.74) is 0.338. The van der Waals surface area contributed by atoms with Crippen LogP contribution in [0.5, 0.6) is 11.5 Å². The molecule has 0 saturated heterocycles. The lowest BCUT2D eigenvalue weighted by atomic mass is 10.2. The molecule has 6 nitrogen and oxygen atoms in total. The maximum atomic E-state index is 12.1.